The standard InChI is InChI=1S/C21H21BrN4O3/c1-12(2)26-17-9-8-13(3)10-15(17)19(21(26)29)25-24-18(27)11-23-20(28)14-6-4-5-7-16(14)22/h4-10,12,29H,11H2,1-3H3,(H,23,28). The lowest BCUT2D eigenvalue weighted by Crippen LogP contribution is -2.28. The summed E-state index contributed by atoms with van der Waals surface area (Å²) in [7, 11) is 0. The molecule has 0 aliphatic carbocycles. The molecule has 7 nitrogen and oxygen atoms in total. The highest BCUT2D eigenvalue weighted by Crippen LogP contribution is 2.41. The monoisotopic (exact) mass is 456 g/mol. The molecule has 0 unspecified atom stereocenters. The summed E-state index contributed by atoms with van der Waals surface area (Å²) in [5.41, 5.74) is 2.47. The van der Waals surface area contributed by atoms with Crippen LogP contribution < -0.4 is 5.32 Å². The van der Waals surface area contributed by atoms with E-state index in [-0.39, 0.29) is 24.2 Å². The predicted molar refractivity (Wildman–Crippen MR) is 115 cm³/mol. The molecule has 0 radical (unpaired) electrons. The molecule has 2 N–H and O–H groups in total. The Hall–Kier alpha value is -3.00. The van der Waals surface area contributed by atoms with Crippen LogP contribution in [0.1, 0.15) is 35.8 Å². The van der Waals surface area contributed by atoms with Gasteiger partial charge in [-0.15, -0.1) is 10.2 Å². The van der Waals surface area contributed by atoms with Gasteiger partial charge in [0.15, 0.2) is 5.69 Å². The number of carbonyl (C=O) groups is 2. The summed E-state index contributed by atoms with van der Waals surface area (Å²) in [6, 6.07) is 12.7. The maximum atomic E-state index is 12.2. The minimum absolute atomic E-state index is 0.00321. The third-order valence-electron chi connectivity index (χ3n) is 4.40. The maximum Gasteiger partial charge on any atom is 0.283 e. The number of azo groups is 1. The molecule has 0 saturated heterocycles. The maximum absolute atomic E-state index is 12.2. The van der Waals surface area contributed by atoms with Gasteiger partial charge in [-0.2, -0.15) is 0 Å². The fourth-order valence-electron chi connectivity index (χ4n) is 3.06. The first-order chi connectivity index (χ1) is 13.8. The molecule has 1 aromatic heterocycles. The van der Waals surface area contributed by atoms with Crippen molar-refractivity contribution < 1.29 is 14.7 Å². The van der Waals surface area contributed by atoms with Crippen molar-refractivity contribution in [2.24, 2.45) is 10.2 Å². The molecule has 2 aromatic carbocycles. The Kier molecular flexibility index (Phi) is 6.12. The number of aromatic hydroxyl groups is 1. The summed E-state index contributed by atoms with van der Waals surface area (Å²) in [4.78, 5) is 24.3. The summed E-state index contributed by atoms with van der Waals surface area (Å²) in [5, 5.41) is 21.5. The zero-order valence-corrected chi connectivity index (χ0v) is 17.9. The molecule has 0 atom stereocenters. The van der Waals surface area contributed by atoms with Crippen molar-refractivity contribution in [3.63, 3.8) is 0 Å². The van der Waals surface area contributed by atoms with Crippen molar-refractivity contribution in [1.82, 2.24) is 9.88 Å². The molecule has 3 aromatic rings. The highest BCUT2D eigenvalue weighted by Gasteiger charge is 2.19. The molecule has 3 rings (SSSR count). The Balaban J connectivity index is 1.79. The molecular weight excluding hydrogens is 436 g/mol. The van der Waals surface area contributed by atoms with E-state index < -0.39 is 11.8 Å². The molecule has 29 heavy (non-hydrogen) atoms. The zero-order valence-electron chi connectivity index (χ0n) is 16.3. The highest BCUT2D eigenvalue weighted by molar-refractivity contribution is 9.10. The molecule has 150 valence electrons. The first kappa shape index (κ1) is 20.7. The van der Waals surface area contributed by atoms with Crippen LogP contribution in [-0.4, -0.2) is 28.0 Å². The van der Waals surface area contributed by atoms with Crippen LogP contribution in [0.3, 0.4) is 0 Å². The van der Waals surface area contributed by atoms with Gasteiger partial charge in [0.2, 0.25) is 5.88 Å². The molecule has 0 saturated carbocycles. The Morgan fingerprint density at radius 1 is 1.21 bits per heavy atom. The molecule has 0 aliphatic rings. The van der Waals surface area contributed by atoms with Crippen LogP contribution in [0.4, 0.5) is 5.69 Å². The quantitative estimate of drug-likeness (QED) is 0.526. The van der Waals surface area contributed by atoms with Crippen LogP contribution in [-0.2, 0) is 4.79 Å². The fourth-order valence-corrected chi connectivity index (χ4v) is 3.52. The van der Waals surface area contributed by atoms with Gasteiger partial charge in [-0.1, -0.05) is 23.8 Å². The number of aromatic nitrogens is 1. The molecular formula is C21H21BrN4O3. The second kappa shape index (κ2) is 8.57. The number of halogens is 1. The Bertz CT molecular complexity index is 1120. The number of hydrogen-bond donors (Lipinski definition) is 2. The molecule has 0 bridgehead atoms. The summed E-state index contributed by atoms with van der Waals surface area (Å²) >= 11 is 3.30. The van der Waals surface area contributed by atoms with Gasteiger partial charge in [0.25, 0.3) is 11.8 Å². The summed E-state index contributed by atoms with van der Waals surface area (Å²) in [6.07, 6.45) is 0. The molecule has 8 heteroatoms. The summed E-state index contributed by atoms with van der Waals surface area (Å²) in [6.45, 7) is 5.53. The van der Waals surface area contributed by atoms with E-state index >= 15 is 0 Å². The largest absolute Gasteiger partial charge is 0.493 e. The van der Waals surface area contributed by atoms with Gasteiger partial charge in [-0.05, 0) is 61.0 Å². The number of nitrogens with zero attached hydrogens (tertiary/aromatic N) is 3. The number of aryl methyl sites for hydroxylation is 1. The van der Waals surface area contributed by atoms with Crippen LogP contribution in [0.5, 0.6) is 5.88 Å². The first-order valence-corrected chi connectivity index (χ1v) is 9.89. The van der Waals surface area contributed by atoms with E-state index in [4.69, 9.17) is 0 Å². The van der Waals surface area contributed by atoms with Gasteiger partial charge in [0.05, 0.1) is 11.1 Å². The topological polar surface area (TPSA) is 96.1 Å². The molecule has 1 heterocycles. The van der Waals surface area contributed by atoms with E-state index in [2.05, 4.69) is 31.5 Å². The minimum atomic E-state index is -0.622. The molecule has 0 spiro atoms. The normalized spacial score (nSPS) is 11.5. The van der Waals surface area contributed by atoms with Crippen molar-refractivity contribution in [3.05, 3.63) is 58.1 Å². The van der Waals surface area contributed by atoms with E-state index in [0.717, 1.165) is 11.1 Å². The van der Waals surface area contributed by atoms with Gasteiger partial charge in [-0.25, -0.2) is 0 Å². The van der Waals surface area contributed by atoms with Crippen LogP contribution >= 0.6 is 15.9 Å². The third kappa shape index (κ3) is 4.37. The Labute approximate surface area is 176 Å². The van der Waals surface area contributed by atoms with Gasteiger partial charge in [0.1, 0.15) is 6.54 Å². The van der Waals surface area contributed by atoms with Crippen molar-refractivity contribution >= 4 is 44.3 Å². The third-order valence-corrected chi connectivity index (χ3v) is 5.09. The zero-order chi connectivity index (χ0) is 21.1. The van der Waals surface area contributed by atoms with E-state index in [1.807, 2.05) is 39.0 Å². The number of amides is 2. The van der Waals surface area contributed by atoms with Gasteiger partial charge < -0.3 is 15.0 Å². The SMILES string of the molecule is Cc1ccc2c(c1)c(N=NC(=O)CNC(=O)c1ccccc1Br)c(O)n2C(C)C. The van der Waals surface area contributed by atoms with E-state index in [1.165, 1.54) is 0 Å². The van der Waals surface area contributed by atoms with Crippen molar-refractivity contribution in [2.45, 2.75) is 26.8 Å². The summed E-state index contributed by atoms with van der Waals surface area (Å²) in [5.74, 6) is -1.06. The number of rotatable bonds is 5. The van der Waals surface area contributed by atoms with E-state index in [9.17, 15) is 14.7 Å². The number of nitrogens with one attached hydrogen (secondary N) is 1. The van der Waals surface area contributed by atoms with Crippen molar-refractivity contribution in [1.29, 1.82) is 0 Å². The van der Waals surface area contributed by atoms with Crippen molar-refractivity contribution in [3.8, 4) is 5.88 Å². The highest BCUT2D eigenvalue weighted by atomic mass is 79.9. The lowest BCUT2D eigenvalue weighted by atomic mass is 10.1. The average molecular weight is 457 g/mol. The number of benzene rings is 2. The molecule has 0 fully saturated rings. The smallest absolute Gasteiger partial charge is 0.283 e. The number of carbonyl (C=O) groups excluding carboxylic acids is 2. The summed E-state index contributed by atoms with van der Waals surface area (Å²) < 4.78 is 2.37. The Morgan fingerprint density at radius 3 is 2.62 bits per heavy atom. The number of hydrogen-bond acceptors (Lipinski definition) is 4. The lowest BCUT2D eigenvalue weighted by molar-refractivity contribution is -0.117. The average Bonchev–Trinajstić information content (AvgIpc) is 2.95. The Morgan fingerprint density at radius 2 is 1.93 bits per heavy atom. The second-order valence-electron chi connectivity index (χ2n) is 6.91. The van der Waals surface area contributed by atoms with Crippen LogP contribution in [0.2, 0.25) is 0 Å². The lowest BCUT2D eigenvalue weighted by Gasteiger charge is -2.10. The van der Waals surface area contributed by atoms with E-state index in [0.29, 0.717) is 15.4 Å². The van der Waals surface area contributed by atoms with Gasteiger partial charge in [0, 0.05) is 15.9 Å². The van der Waals surface area contributed by atoms with Gasteiger partial charge >= 0.3 is 0 Å². The second-order valence-corrected chi connectivity index (χ2v) is 7.77. The van der Waals surface area contributed by atoms with Crippen LogP contribution in [0.15, 0.2) is 57.2 Å². The number of fused-ring (bicyclic) bond motifs is 1. The van der Waals surface area contributed by atoms with Crippen molar-refractivity contribution in [2.75, 3.05) is 6.54 Å². The van der Waals surface area contributed by atoms with E-state index in [1.54, 1.807) is 28.8 Å². The van der Waals surface area contributed by atoms with Crippen LogP contribution in [0, 0.1) is 6.92 Å². The molecule has 2 amide bonds. The fraction of sp³-hybridized carbons (Fsp3) is 0.238. The van der Waals surface area contributed by atoms with Crippen LogP contribution in [0.25, 0.3) is 10.9 Å². The molecule has 0 aliphatic heterocycles. The minimum Gasteiger partial charge on any atom is -0.493 e. The first-order valence-electron chi connectivity index (χ1n) is 9.10. The van der Waals surface area contributed by atoms with Gasteiger partial charge in [-0.3, -0.25) is 9.59 Å². The predicted octanol–water partition coefficient (Wildman–Crippen LogP) is 5.04.